The Morgan fingerprint density at radius 2 is 1.61 bits per heavy atom. The summed E-state index contributed by atoms with van der Waals surface area (Å²) in [6, 6.07) is 24.5. The van der Waals surface area contributed by atoms with Gasteiger partial charge in [-0.3, -0.25) is 19.7 Å². The molecule has 5 N–H and O–H groups in total. The van der Waals surface area contributed by atoms with Crippen molar-refractivity contribution >= 4 is 29.1 Å². The van der Waals surface area contributed by atoms with Crippen LogP contribution in [-0.4, -0.2) is 53.7 Å². The highest BCUT2D eigenvalue weighted by Crippen LogP contribution is 2.27. The molecule has 0 bridgehead atoms. The molecular weight excluding hydrogens is 578 g/mol. The van der Waals surface area contributed by atoms with E-state index in [0.29, 0.717) is 37.2 Å². The van der Waals surface area contributed by atoms with Gasteiger partial charge in [-0.2, -0.15) is 0 Å². The Labute approximate surface area is 272 Å². The van der Waals surface area contributed by atoms with Gasteiger partial charge in [-0.15, -0.1) is 0 Å². The van der Waals surface area contributed by atoms with Crippen molar-refractivity contribution in [2.75, 3.05) is 16.8 Å². The van der Waals surface area contributed by atoms with Gasteiger partial charge in [0, 0.05) is 55.0 Å². The molecule has 1 unspecified atom stereocenters. The van der Waals surface area contributed by atoms with Gasteiger partial charge < -0.3 is 26.0 Å². The molecule has 3 atom stereocenters. The Morgan fingerprint density at radius 3 is 2.28 bits per heavy atom. The molecular formula is C37H47N5O4. The van der Waals surface area contributed by atoms with Crippen LogP contribution in [0.4, 0.5) is 11.4 Å². The predicted octanol–water partition coefficient (Wildman–Crippen LogP) is 4.90. The van der Waals surface area contributed by atoms with Crippen LogP contribution in [-0.2, 0) is 22.6 Å². The van der Waals surface area contributed by atoms with E-state index in [1.54, 1.807) is 24.0 Å². The number of carbonyl (C=O) groups is 3. The fourth-order valence-corrected chi connectivity index (χ4v) is 6.36. The minimum absolute atomic E-state index is 0.0457. The summed E-state index contributed by atoms with van der Waals surface area (Å²) < 4.78 is 0. The molecule has 46 heavy (non-hydrogen) atoms. The van der Waals surface area contributed by atoms with Gasteiger partial charge in [-0.05, 0) is 61.9 Å². The minimum Gasteiger partial charge on any atom is -0.381 e. The SMILES string of the molecule is C[C@H](NC(O)C[C@H](Cc1ccccc1)NC(=O)c1cc(NCc2ccccc2)cc(N2CCCC2=O)c1)C(=O)NC1CCCCC1. The average Bonchev–Trinajstić information content (AvgIpc) is 3.50. The zero-order valence-corrected chi connectivity index (χ0v) is 26.7. The highest BCUT2D eigenvalue weighted by molar-refractivity contribution is 6.00. The monoisotopic (exact) mass is 625 g/mol. The van der Waals surface area contributed by atoms with Crippen molar-refractivity contribution in [3.63, 3.8) is 0 Å². The highest BCUT2D eigenvalue weighted by Gasteiger charge is 2.26. The van der Waals surface area contributed by atoms with Gasteiger partial charge in [-0.1, -0.05) is 79.9 Å². The molecule has 3 aromatic rings. The standard InChI is InChI=1S/C37H47N5O4/c1-26(36(45)40-30-16-9-4-10-17-30)39-34(43)24-32(20-27-12-5-2-6-13-27)41-37(46)29-21-31(38-25-28-14-7-3-8-15-28)23-33(22-29)42-19-11-18-35(42)44/h2-3,5-8,12-15,21-23,26,30,32,34,38-39,43H,4,9-11,16-20,24-25H2,1H3,(H,40,45)(H,41,46)/t26-,32-,34?/m0/s1. The van der Waals surface area contributed by atoms with Gasteiger partial charge in [0.15, 0.2) is 0 Å². The molecule has 1 saturated carbocycles. The quantitative estimate of drug-likeness (QED) is 0.163. The second kappa shape index (κ2) is 16.4. The van der Waals surface area contributed by atoms with Crippen LogP contribution in [0.1, 0.15) is 79.8 Å². The number of aliphatic hydroxyl groups is 1. The lowest BCUT2D eigenvalue weighted by Crippen LogP contribution is -2.51. The molecule has 244 valence electrons. The van der Waals surface area contributed by atoms with Crippen molar-refractivity contribution in [1.82, 2.24) is 16.0 Å². The smallest absolute Gasteiger partial charge is 0.251 e. The first-order chi connectivity index (χ1) is 22.3. The third-order valence-electron chi connectivity index (χ3n) is 8.86. The summed E-state index contributed by atoms with van der Waals surface area (Å²) in [5.74, 6) is -0.379. The number of aliphatic hydroxyl groups excluding tert-OH is 1. The van der Waals surface area contributed by atoms with E-state index < -0.39 is 18.3 Å². The number of carbonyl (C=O) groups excluding carboxylic acids is 3. The topological polar surface area (TPSA) is 123 Å². The minimum atomic E-state index is -1.02. The van der Waals surface area contributed by atoms with E-state index in [9.17, 15) is 19.5 Å². The number of hydrogen-bond donors (Lipinski definition) is 5. The zero-order chi connectivity index (χ0) is 32.3. The van der Waals surface area contributed by atoms with Crippen molar-refractivity contribution in [2.45, 2.75) is 95.6 Å². The van der Waals surface area contributed by atoms with Gasteiger partial charge in [0.25, 0.3) is 5.91 Å². The van der Waals surface area contributed by atoms with Crippen molar-refractivity contribution in [1.29, 1.82) is 0 Å². The number of nitrogens with one attached hydrogen (secondary N) is 4. The summed E-state index contributed by atoms with van der Waals surface area (Å²) in [5, 5.41) is 23.7. The van der Waals surface area contributed by atoms with Crippen molar-refractivity contribution in [3.05, 3.63) is 95.6 Å². The molecule has 3 aromatic carbocycles. The lowest BCUT2D eigenvalue weighted by atomic mass is 9.95. The maximum Gasteiger partial charge on any atom is 0.251 e. The van der Waals surface area contributed by atoms with Crippen LogP contribution in [0, 0.1) is 0 Å². The van der Waals surface area contributed by atoms with Crippen LogP contribution in [0.15, 0.2) is 78.9 Å². The molecule has 1 saturated heterocycles. The Hall–Kier alpha value is -4.21. The molecule has 5 rings (SSSR count). The third kappa shape index (κ3) is 9.64. The summed E-state index contributed by atoms with van der Waals surface area (Å²) in [4.78, 5) is 41.1. The molecule has 9 heteroatoms. The first kappa shape index (κ1) is 33.2. The van der Waals surface area contributed by atoms with Gasteiger partial charge in [0.2, 0.25) is 11.8 Å². The van der Waals surface area contributed by atoms with Gasteiger partial charge in [0.1, 0.15) is 6.23 Å². The maximum absolute atomic E-state index is 13.8. The van der Waals surface area contributed by atoms with E-state index in [4.69, 9.17) is 0 Å². The number of benzene rings is 3. The summed E-state index contributed by atoms with van der Waals surface area (Å²) in [6.45, 7) is 2.94. The third-order valence-corrected chi connectivity index (χ3v) is 8.86. The van der Waals surface area contributed by atoms with E-state index in [1.165, 1.54) is 6.42 Å². The van der Waals surface area contributed by atoms with Crippen LogP contribution < -0.4 is 26.2 Å². The van der Waals surface area contributed by atoms with Crippen molar-refractivity contribution < 1.29 is 19.5 Å². The largest absolute Gasteiger partial charge is 0.381 e. The summed E-state index contributed by atoms with van der Waals surface area (Å²) in [7, 11) is 0. The Morgan fingerprint density at radius 1 is 0.913 bits per heavy atom. The van der Waals surface area contributed by atoms with E-state index in [2.05, 4.69) is 21.3 Å². The second-order valence-corrected chi connectivity index (χ2v) is 12.6. The van der Waals surface area contributed by atoms with E-state index >= 15 is 0 Å². The molecule has 2 fully saturated rings. The Balaban J connectivity index is 1.29. The van der Waals surface area contributed by atoms with Gasteiger partial charge in [-0.25, -0.2) is 0 Å². The molecule has 9 nitrogen and oxygen atoms in total. The summed E-state index contributed by atoms with van der Waals surface area (Å²) >= 11 is 0. The molecule has 1 aliphatic carbocycles. The van der Waals surface area contributed by atoms with Crippen LogP contribution in [0.2, 0.25) is 0 Å². The first-order valence-electron chi connectivity index (χ1n) is 16.7. The van der Waals surface area contributed by atoms with Crippen LogP contribution >= 0.6 is 0 Å². The molecule has 0 spiro atoms. The molecule has 1 heterocycles. The van der Waals surface area contributed by atoms with E-state index in [0.717, 1.165) is 48.9 Å². The summed E-state index contributed by atoms with van der Waals surface area (Å²) in [6.07, 6.45) is 6.38. The first-order valence-corrected chi connectivity index (χ1v) is 16.7. The second-order valence-electron chi connectivity index (χ2n) is 12.6. The highest BCUT2D eigenvalue weighted by atomic mass is 16.3. The fraction of sp³-hybridized carbons (Fsp3) is 0.432. The number of rotatable bonds is 14. The number of nitrogens with zero attached hydrogens (tertiary/aromatic N) is 1. The Bertz CT molecular complexity index is 1440. The van der Waals surface area contributed by atoms with Crippen LogP contribution in [0.5, 0.6) is 0 Å². The summed E-state index contributed by atoms with van der Waals surface area (Å²) in [5.41, 5.74) is 3.97. The predicted molar refractivity (Wildman–Crippen MR) is 181 cm³/mol. The number of anilines is 2. The van der Waals surface area contributed by atoms with Crippen molar-refractivity contribution in [3.8, 4) is 0 Å². The van der Waals surface area contributed by atoms with E-state index in [-0.39, 0.29) is 30.2 Å². The number of hydrogen-bond acceptors (Lipinski definition) is 6. The lowest BCUT2D eigenvalue weighted by Gasteiger charge is -2.27. The lowest BCUT2D eigenvalue weighted by molar-refractivity contribution is -0.124. The van der Waals surface area contributed by atoms with Gasteiger partial charge >= 0.3 is 0 Å². The molecule has 0 aromatic heterocycles. The fourth-order valence-electron chi connectivity index (χ4n) is 6.36. The molecule has 2 aliphatic rings. The molecule has 0 radical (unpaired) electrons. The normalized spacial score (nSPS) is 17.3. The number of amides is 3. The molecule has 1 aliphatic heterocycles. The average molecular weight is 626 g/mol. The van der Waals surface area contributed by atoms with E-state index in [1.807, 2.05) is 66.7 Å². The zero-order valence-electron chi connectivity index (χ0n) is 26.7. The van der Waals surface area contributed by atoms with Crippen LogP contribution in [0.3, 0.4) is 0 Å². The van der Waals surface area contributed by atoms with Gasteiger partial charge in [0.05, 0.1) is 6.04 Å². The molecule has 3 amide bonds. The Kier molecular flexibility index (Phi) is 11.8. The maximum atomic E-state index is 13.8. The van der Waals surface area contributed by atoms with Crippen LogP contribution in [0.25, 0.3) is 0 Å². The van der Waals surface area contributed by atoms with Crippen molar-refractivity contribution in [2.24, 2.45) is 0 Å².